The largest absolute Gasteiger partial charge is 0.411 e. The summed E-state index contributed by atoms with van der Waals surface area (Å²) < 4.78 is 0. The lowest BCUT2D eigenvalue weighted by Crippen LogP contribution is -2.27. The first-order chi connectivity index (χ1) is 8.70. The van der Waals surface area contributed by atoms with Gasteiger partial charge in [0.05, 0.1) is 4.92 Å². The van der Waals surface area contributed by atoms with E-state index in [9.17, 15) is 10.1 Å². The summed E-state index contributed by atoms with van der Waals surface area (Å²) in [6.45, 7) is 2.59. The average molecular weight is 249 g/mol. The molecule has 96 valence electrons. The third-order valence-electron chi connectivity index (χ3n) is 3.10. The van der Waals surface area contributed by atoms with Crippen molar-refractivity contribution in [2.45, 2.75) is 12.8 Å². The quantitative estimate of drug-likeness (QED) is 0.382. The maximum Gasteiger partial charge on any atom is 0.269 e. The Bertz CT molecular complexity index is 450. The van der Waals surface area contributed by atoms with Crippen LogP contribution in [0.15, 0.2) is 29.4 Å². The van der Waals surface area contributed by atoms with Crippen LogP contribution in [0.1, 0.15) is 18.4 Å². The van der Waals surface area contributed by atoms with Gasteiger partial charge in [0.2, 0.25) is 0 Å². The van der Waals surface area contributed by atoms with E-state index in [1.165, 1.54) is 25.0 Å². The fourth-order valence-electron chi connectivity index (χ4n) is 2.11. The van der Waals surface area contributed by atoms with Gasteiger partial charge in [-0.3, -0.25) is 15.0 Å². The van der Waals surface area contributed by atoms with Crippen LogP contribution in [0.3, 0.4) is 0 Å². The first-order valence-electron chi connectivity index (χ1n) is 5.89. The van der Waals surface area contributed by atoms with Gasteiger partial charge < -0.3 is 5.21 Å². The zero-order valence-corrected chi connectivity index (χ0v) is 9.95. The molecule has 1 fully saturated rings. The van der Waals surface area contributed by atoms with Gasteiger partial charge in [-0.25, -0.2) is 0 Å². The molecule has 0 unspecified atom stereocenters. The molecule has 1 N–H and O–H groups in total. The average Bonchev–Trinajstić information content (AvgIpc) is 2.89. The van der Waals surface area contributed by atoms with Crippen LogP contribution in [0.5, 0.6) is 0 Å². The van der Waals surface area contributed by atoms with E-state index in [1.54, 1.807) is 12.1 Å². The number of hydrogen-bond donors (Lipinski definition) is 1. The molecule has 0 spiro atoms. The molecule has 0 aromatic heterocycles. The second kappa shape index (κ2) is 5.59. The van der Waals surface area contributed by atoms with E-state index < -0.39 is 4.92 Å². The molecule has 1 aromatic rings. The number of nitrogens with zero attached hydrogens (tertiary/aromatic N) is 3. The second-order valence-electron chi connectivity index (χ2n) is 4.33. The molecule has 0 aliphatic carbocycles. The fourth-order valence-corrected chi connectivity index (χ4v) is 2.11. The topological polar surface area (TPSA) is 79.0 Å². The lowest BCUT2D eigenvalue weighted by molar-refractivity contribution is -0.384. The minimum atomic E-state index is -0.444. The molecular formula is C12H15N3O3. The predicted octanol–water partition coefficient (Wildman–Crippen LogP) is 1.87. The molecule has 0 radical (unpaired) electrons. The molecule has 0 atom stereocenters. The highest BCUT2D eigenvalue weighted by molar-refractivity contribution is 6.01. The summed E-state index contributed by atoms with van der Waals surface area (Å²) in [7, 11) is 0. The first-order valence-corrected chi connectivity index (χ1v) is 5.89. The van der Waals surface area contributed by atoms with Crippen molar-refractivity contribution in [3.63, 3.8) is 0 Å². The Morgan fingerprint density at radius 2 is 1.94 bits per heavy atom. The fraction of sp³-hybridized carbons (Fsp3) is 0.417. The second-order valence-corrected chi connectivity index (χ2v) is 4.33. The van der Waals surface area contributed by atoms with Crippen molar-refractivity contribution in [1.29, 1.82) is 0 Å². The zero-order valence-electron chi connectivity index (χ0n) is 9.95. The van der Waals surface area contributed by atoms with Crippen molar-refractivity contribution < 1.29 is 10.1 Å². The van der Waals surface area contributed by atoms with Gasteiger partial charge in [-0.05, 0) is 38.1 Å². The summed E-state index contributed by atoms with van der Waals surface area (Å²) in [5.41, 5.74) is 1.30. The SMILES string of the molecule is O=[N+]([O-])c1ccc(/C(CN2CCCC2)=N\O)cc1. The summed E-state index contributed by atoms with van der Waals surface area (Å²) in [5.74, 6) is 0. The lowest BCUT2D eigenvalue weighted by atomic mass is 10.1. The van der Waals surface area contributed by atoms with E-state index in [0.717, 1.165) is 18.7 Å². The third kappa shape index (κ3) is 2.84. The molecular weight excluding hydrogens is 234 g/mol. The number of non-ortho nitro benzene ring substituents is 1. The van der Waals surface area contributed by atoms with Crippen LogP contribution in [0.4, 0.5) is 5.69 Å². The van der Waals surface area contributed by atoms with Gasteiger partial charge in [0, 0.05) is 24.2 Å². The minimum absolute atomic E-state index is 0.0391. The number of nitro benzene ring substituents is 1. The molecule has 0 bridgehead atoms. The normalized spacial score (nSPS) is 17.0. The Morgan fingerprint density at radius 1 is 1.33 bits per heavy atom. The van der Waals surface area contributed by atoms with E-state index in [-0.39, 0.29) is 5.69 Å². The number of oxime groups is 1. The van der Waals surface area contributed by atoms with Gasteiger partial charge in [-0.2, -0.15) is 0 Å². The molecule has 1 aromatic carbocycles. The van der Waals surface area contributed by atoms with Crippen LogP contribution >= 0.6 is 0 Å². The van der Waals surface area contributed by atoms with E-state index >= 15 is 0 Å². The van der Waals surface area contributed by atoms with Gasteiger partial charge in [-0.15, -0.1) is 0 Å². The number of hydrogen-bond acceptors (Lipinski definition) is 5. The van der Waals surface area contributed by atoms with Crippen molar-refractivity contribution in [3.05, 3.63) is 39.9 Å². The van der Waals surface area contributed by atoms with Crippen molar-refractivity contribution in [3.8, 4) is 0 Å². The van der Waals surface area contributed by atoms with Crippen LogP contribution in [-0.2, 0) is 0 Å². The van der Waals surface area contributed by atoms with E-state index in [2.05, 4.69) is 10.1 Å². The standard InChI is InChI=1S/C12H15N3O3/c16-13-12(9-14-7-1-2-8-14)10-3-5-11(6-4-10)15(17)18/h3-6,16H,1-2,7-9H2/b13-12-. The Hall–Kier alpha value is -1.95. The molecule has 0 amide bonds. The molecule has 1 aliphatic rings. The number of rotatable bonds is 4. The van der Waals surface area contributed by atoms with E-state index in [0.29, 0.717) is 12.3 Å². The summed E-state index contributed by atoms with van der Waals surface area (Å²) in [4.78, 5) is 12.3. The van der Waals surface area contributed by atoms with Crippen LogP contribution in [0, 0.1) is 10.1 Å². The summed E-state index contributed by atoms with van der Waals surface area (Å²) in [6, 6.07) is 6.07. The van der Waals surface area contributed by atoms with Gasteiger partial charge >= 0.3 is 0 Å². The van der Waals surface area contributed by atoms with Crippen molar-refractivity contribution >= 4 is 11.4 Å². The smallest absolute Gasteiger partial charge is 0.269 e. The van der Waals surface area contributed by atoms with Crippen LogP contribution in [-0.4, -0.2) is 40.4 Å². The number of nitro groups is 1. The van der Waals surface area contributed by atoms with Gasteiger partial charge in [0.25, 0.3) is 5.69 Å². The van der Waals surface area contributed by atoms with Crippen molar-refractivity contribution in [2.75, 3.05) is 19.6 Å². The molecule has 18 heavy (non-hydrogen) atoms. The van der Waals surface area contributed by atoms with E-state index in [4.69, 9.17) is 5.21 Å². The van der Waals surface area contributed by atoms with Crippen LogP contribution in [0.25, 0.3) is 0 Å². The Kier molecular flexibility index (Phi) is 3.88. The van der Waals surface area contributed by atoms with Crippen molar-refractivity contribution in [2.24, 2.45) is 5.16 Å². The Labute approximate surface area is 105 Å². The molecule has 1 saturated heterocycles. The van der Waals surface area contributed by atoms with Crippen molar-refractivity contribution in [1.82, 2.24) is 4.90 Å². The lowest BCUT2D eigenvalue weighted by Gasteiger charge is -2.15. The monoisotopic (exact) mass is 249 g/mol. The molecule has 2 rings (SSSR count). The minimum Gasteiger partial charge on any atom is -0.411 e. The first kappa shape index (κ1) is 12.5. The molecule has 6 nitrogen and oxygen atoms in total. The van der Waals surface area contributed by atoms with Gasteiger partial charge in [0.1, 0.15) is 5.71 Å². The summed E-state index contributed by atoms with van der Waals surface area (Å²) >= 11 is 0. The van der Waals surface area contributed by atoms with E-state index in [1.807, 2.05) is 0 Å². The maximum absolute atomic E-state index is 10.5. The van der Waals surface area contributed by atoms with Crippen LogP contribution in [0.2, 0.25) is 0 Å². The molecule has 0 saturated carbocycles. The van der Waals surface area contributed by atoms with Gasteiger partial charge in [-0.1, -0.05) is 5.16 Å². The summed E-state index contributed by atoms with van der Waals surface area (Å²) in [6.07, 6.45) is 2.33. The molecule has 1 aliphatic heterocycles. The van der Waals surface area contributed by atoms with Crippen LogP contribution < -0.4 is 0 Å². The predicted molar refractivity (Wildman–Crippen MR) is 67.1 cm³/mol. The molecule has 6 heteroatoms. The highest BCUT2D eigenvalue weighted by Crippen LogP contribution is 2.14. The maximum atomic E-state index is 10.5. The van der Waals surface area contributed by atoms with Gasteiger partial charge in [0.15, 0.2) is 0 Å². The summed E-state index contributed by atoms with van der Waals surface area (Å²) in [5, 5.41) is 22.9. The highest BCUT2D eigenvalue weighted by atomic mass is 16.6. The zero-order chi connectivity index (χ0) is 13.0. The Morgan fingerprint density at radius 3 is 2.44 bits per heavy atom. The molecule has 1 heterocycles. The highest BCUT2D eigenvalue weighted by Gasteiger charge is 2.16. The number of benzene rings is 1. The third-order valence-corrected chi connectivity index (χ3v) is 3.10. The number of likely N-dealkylation sites (tertiary alicyclic amines) is 1. The Balaban J connectivity index is 2.09.